The molecule has 114 valence electrons. The quantitative estimate of drug-likeness (QED) is 0.695. The van der Waals surface area contributed by atoms with E-state index in [1.54, 1.807) is 18.2 Å². The first-order chi connectivity index (χ1) is 10.5. The summed E-state index contributed by atoms with van der Waals surface area (Å²) in [6.45, 7) is 0.517. The van der Waals surface area contributed by atoms with Crippen molar-refractivity contribution in [3.8, 4) is 0 Å². The largest absolute Gasteiger partial charge is 0.352 e. The Balaban J connectivity index is 1.83. The van der Waals surface area contributed by atoms with Crippen molar-refractivity contribution < 1.29 is 4.79 Å². The maximum Gasteiger partial charge on any atom is 0.244 e. The zero-order valence-corrected chi connectivity index (χ0v) is 14.8. The third-order valence-corrected chi connectivity index (χ3v) is 4.06. The van der Waals surface area contributed by atoms with E-state index in [4.69, 9.17) is 23.2 Å². The highest BCUT2D eigenvalue weighted by Gasteiger charge is 2.02. The van der Waals surface area contributed by atoms with E-state index in [0.717, 1.165) is 15.6 Å². The zero-order chi connectivity index (χ0) is 15.9. The van der Waals surface area contributed by atoms with Crippen LogP contribution in [0, 0.1) is 0 Å². The smallest absolute Gasteiger partial charge is 0.244 e. The number of carbonyl (C=O) groups is 1. The first-order valence-electron chi connectivity index (χ1n) is 6.70. The summed E-state index contributed by atoms with van der Waals surface area (Å²) in [5.74, 6) is -0.134. The molecule has 1 N–H and O–H groups in total. The lowest BCUT2D eigenvalue weighted by Gasteiger charge is -2.05. The van der Waals surface area contributed by atoms with Crippen molar-refractivity contribution in [1.29, 1.82) is 0 Å². The number of hydrogen-bond donors (Lipinski definition) is 1. The molecule has 0 fully saturated rings. The molecule has 0 saturated heterocycles. The highest BCUT2D eigenvalue weighted by molar-refractivity contribution is 9.10. The monoisotopic (exact) mass is 397 g/mol. The summed E-state index contributed by atoms with van der Waals surface area (Å²) in [6.07, 6.45) is 3.95. The Labute approximate surface area is 148 Å². The van der Waals surface area contributed by atoms with Crippen molar-refractivity contribution >= 4 is 51.1 Å². The van der Waals surface area contributed by atoms with Gasteiger partial charge < -0.3 is 5.32 Å². The summed E-state index contributed by atoms with van der Waals surface area (Å²) in [7, 11) is 0. The molecule has 2 aromatic rings. The molecule has 0 radical (unpaired) electrons. The molecule has 2 nitrogen and oxygen atoms in total. The van der Waals surface area contributed by atoms with Gasteiger partial charge in [-0.25, -0.2) is 0 Å². The van der Waals surface area contributed by atoms with Crippen LogP contribution in [-0.4, -0.2) is 12.5 Å². The number of benzene rings is 2. The van der Waals surface area contributed by atoms with E-state index in [-0.39, 0.29) is 5.91 Å². The standard InChI is InChI=1S/C17H14BrCl2NO/c18-14-3-1-2-12(10-14)4-7-17(22)21-9-8-13-5-6-15(19)11-16(13)20/h1-7,10-11H,8-9H2,(H,21,22). The first kappa shape index (κ1) is 17.1. The second-order valence-corrected chi connectivity index (χ2v) is 6.42. The zero-order valence-electron chi connectivity index (χ0n) is 11.7. The van der Waals surface area contributed by atoms with E-state index in [1.165, 1.54) is 6.08 Å². The topological polar surface area (TPSA) is 29.1 Å². The van der Waals surface area contributed by atoms with Gasteiger partial charge >= 0.3 is 0 Å². The summed E-state index contributed by atoms with van der Waals surface area (Å²) in [4.78, 5) is 11.8. The average Bonchev–Trinajstić information content (AvgIpc) is 2.47. The molecule has 0 aliphatic rings. The Kier molecular flexibility index (Phi) is 6.49. The summed E-state index contributed by atoms with van der Waals surface area (Å²) >= 11 is 15.3. The molecule has 0 spiro atoms. The molecule has 0 unspecified atom stereocenters. The van der Waals surface area contributed by atoms with Crippen molar-refractivity contribution in [3.63, 3.8) is 0 Å². The highest BCUT2D eigenvalue weighted by atomic mass is 79.9. The van der Waals surface area contributed by atoms with Crippen LogP contribution in [0.2, 0.25) is 10.0 Å². The first-order valence-corrected chi connectivity index (χ1v) is 8.25. The second kappa shape index (κ2) is 8.37. The number of halogens is 3. The van der Waals surface area contributed by atoms with Gasteiger partial charge in [-0.2, -0.15) is 0 Å². The molecule has 0 atom stereocenters. The van der Waals surface area contributed by atoms with Gasteiger partial charge in [-0.1, -0.05) is 57.3 Å². The second-order valence-electron chi connectivity index (χ2n) is 4.67. The minimum absolute atomic E-state index is 0.134. The minimum atomic E-state index is -0.134. The Morgan fingerprint density at radius 3 is 2.73 bits per heavy atom. The van der Waals surface area contributed by atoms with Crippen molar-refractivity contribution in [2.24, 2.45) is 0 Å². The van der Waals surface area contributed by atoms with Crippen molar-refractivity contribution in [2.45, 2.75) is 6.42 Å². The van der Waals surface area contributed by atoms with Gasteiger partial charge in [0.25, 0.3) is 0 Å². The van der Waals surface area contributed by atoms with Crippen LogP contribution in [0.4, 0.5) is 0 Å². The number of nitrogens with one attached hydrogen (secondary N) is 1. The van der Waals surface area contributed by atoms with E-state index in [9.17, 15) is 4.79 Å². The molecule has 0 heterocycles. The predicted octanol–water partition coefficient (Wildman–Crippen LogP) is 5.13. The fraction of sp³-hybridized carbons (Fsp3) is 0.118. The number of rotatable bonds is 5. The van der Waals surface area contributed by atoms with Gasteiger partial charge in [0.15, 0.2) is 0 Å². The van der Waals surface area contributed by atoms with Gasteiger partial charge in [-0.3, -0.25) is 4.79 Å². The van der Waals surface area contributed by atoms with Crippen molar-refractivity contribution in [1.82, 2.24) is 5.32 Å². The van der Waals surface area contributed by atoms with E-state index in [1.807, 2.05) is 30.3 Å². The maximum absolute atomic E-state index is 11.8. The Hall–Kier alpha value is -1.29. The third kappa shape index (κ3) is 5.48. The van der Waals surface area contributed by atoms with E-state index in [2.05, 4.69) is 21.2 Å². The Morgan fingerprint density at radius 1 is 1.18 bits per heavy atom. The van der Waals surface area contributed by atoms with Crippen LogP contribution in [0.25, 0.3) is 6.08 Å². The highest BCUT2D eigenvalue weighted by Crippen LogP contribution is 2.21. The van der Waals surface area contributed by atoms with Gasteiger partial charge in [-0.15, -0.1) is 0 Å². The average molecular weight is 399 g/mol. The molecule has 2 aromatic carbocycles. The summed E-state index contributed by atoms with van der Waals surface area (Å²) in [5, 5.41) is 4.05. The molecule has 2 rings (SSSR count). The van der Waals surface area contributed by atoms with Crippen LogP contribution in [0.5, 0.6) is 0 Å². The molecule has 0 aliphatic carbocycles. The molecule has 1 amide bonds. The van der Waals surface area contributed by atoms with Gasteiger partial charge in [0.05, 0.1) is 0 Å². The fourth-order valence-corrected chi connectivity index (χ4v) is 2.81. The number of carbonyl (C=O) groups excluding carboxylic acids is 1. The van der Waals surface area contributed by atoms with Crippen molar-refractivity contribution in [2.75, 3.05) is 6.54 Å². The van der Waals surface area contributed by atoms with E-state index in [0.29, 0.717) is 23.0 Å². The summed E-state index contributed by atoms with van der Waals surface area (Å²) < 4.78 is 0.979. The van der Waals surface area contributed by atoms with Gasteiger partial charge in [0, 0.05) is 27.1 Å². The van der Waals surface area contributed by atoms with Crippen molar-refractivity contribution in [3.05, 3.63) is 74.2 Å². The Bertz CT molecular complexity index is 701. The molecule has 0 aromatic heterocycles. The summed E-state index contributed by atoms with van der Waals surface area (Å²) in [5.41, 5.74) is 1.92. The normalized spacial score (nSPS) is 10.9. The SMILES string of the molecule is O=C(C=Cc1cccc(Br)c1)NCCc1ccc(Cl)cc1Cl. The van der Waals surface area contributed by atoms with Crippen LogP contribution in [-0.2, 0) is 11.2 Å². The fourth-order valence-electron chi connectivity index (χ4n) is 1.89. The lowest BCUT2D eigenvalue weighted by Crippen LogP contribution is -2.23. The van der Waals surface area contributed by atoms with Crippen LogP contribution >= 0.6 is 39.1 Å². The van der Waals surface area contributed by atoms with Gasteiger partial charge in [0.1, 0.15) is 0 Å². The molecular formula is C17H14BrCl2NO. The van der Waals surface area contributed by atoms with Crippen LogP contribution < -0.4 is 5.32 Å². The minimum Gasteiger partial charge on any atom is -0.352 e. The summed E-state index contributed by atoms with van der Waals surface area (Å²) in [6, 6.07) is 13.1. The molecule has 22 heavy (non-hydrogen) atoms. The lowest BCUT2D eigenvalue weighted by atomic mass is 10.1. The lowest BCUT2D eigenvalue weighted by molar-refractivity contribution is -0.116. The molecule has 0 bridgehead atoms. The van der Waals surface area contributed by atoms with E-state index < -0.39 is 0 Å². The van der Waals surface area contributed by atoms with Gasteiger partial charge in [-0.05, 0) is 47.9 Å². The number of hydrogen-bond acceptors (Lipinski definition) is 1. The predicted molar refractivity (Wildman–Crippen MR) is 96.4 cm³/mol. The molecule has 5 heteroatoms. The Morgan fingerprint density at radius 2 is 2.00 bits per heavy atom. The molecular weight excluding hydrogens is 385 g/mol. The van der Waals surface area contributed by atoms with Gasteiger partial charge in [0.2, 0.25) is 5.91 Å². The third-order valence-electron chi connectivity index (χ3n) is 2.98. The van der Waals surface area contributed by atoms with Crippen LogP contribution in [0.15, 0.2) is 53.0 Å². The molecule has 0 aliphatic heterocycles. The van der Waals surface area contributed by atoms with Crippen LogP contribution in [0.1, 0.15) is 11.1 Å². The van der Waals surface area contributed by atoms with E-state index >= 15 is 0 Å². The molecule has 0 saturated carbocycles. The number of amides is 1. The maximum atomic E-state index is 11.8. The van der Waals surface area contributed by atoms with Crippen LogP contribution in [0.3, 0.4) is 0 Å².